The van der Waals surface area contributed by atoms with Gasteiger partial charge in [0, 0.05) is 24.8 Å². The Morgan fingerprint density at radius 1 is 1.41 bits per heavy atom. The first-order chi connectivity index (χ1) is 8.13. The van der Waals surface area contributed by atoms with Crippen molar-refractivity contribution in [2.75, 3.05) is 6.61 Å². The minimum absolute atomic E-state index is 0.0191. The molecule has 1 saturated carbocycles. The van der Waals surface area contributed by atoms with Crippen molar-refractivity contribution in [1.29, 1.82) is 0 Å². The molecule has 17 heavy (non-hydrogen) atoms. The Hall–Kier alpha value is -0.880. The molecule has 0 aliphatic heterocycles. The van der Waals surface area contributed by atoms with Crippen molar-refractivity contribution in [3.05, 3.63) is 31.5 Å². The molecule has 1 aromatic rings. The fourth-order valence-electron chi connectivity index (χ4n) is 2.47. The Labute approximate surface area is 107 Å². The van der Waals surface area contributed by atoms with Crippen LogP contribution in [0.1, 0.15) is 31.7 Å². The van der Waals surface area contributed by atoms with E-state index < -0.39 is 11.2 Å². The van der Waals surface area contributed by atoms with Crippen molar-refractivity contribution in [2.45, 2.75) is 31.7 Å². The van der Waals surface area contributed by atoms with Gasteiger partial charge in [0.2, 0.25) is 0 Å². The lowest BCUT2D eigenvalue weighted by molar-refractivity contribution is 0.135. The first kappa shape index (κ1) is 12.6. The Bertz CT molecular complexity index is 508. The molecule has 0 amide bonds. The average Bonchev–Trinajstić information content (AvgIpc) is 2.34. The molecule has 2 N–H and O–H groups in total. The number of nitrogens with zero attached hydrogens (tertiary/aromatic N) is 1. The number of halogens is 1. The predicted octanol–water partition coefficient (Wildman–Crippen LogP) is 1.02. The molecular formula is C11H15BrN2O3. The van der Waals surface area contributed by atoms with E-state index in [1.807, 2.05) is 0 Å². The number of hydrogen-bond donors (Lipinski definition) is 2. The number of rotatable bonds is 2. The van der Waals surface area contributed by atoms with Crippen molar-refractivity contribution in [3.8, 4) is 0 Å². The molecule has 1 aliphatic carbocycles. The summed E-state index contributed by atoms with van der Waals surface area (Å²) in [5.41, 5.74) is -0.814. The van der Waals surface area contributed by atoms with E-state index >= 15 is 0 Å². The highest BCUT2D eigenvalue weighted by atomic mass is 79.9. The largest absolute Gasteiger partial charge is 0.396 e. The van der Waals surface area contributed by atoms with Gasteiger partial charge < -0.3 is 5.11 Å². The zero-order chi connectivity index (χ0) is 12.4. The van der Waals surface area contributed by atoms with Gasteiger partial charge in [-0.2, -0.15) is 0 Å². The fourth-order valence-corrected chi connectivity index (χ4v) is 2.79. The highest BCUT2D eigenvalue weighted by Gasteiger charge is 2.26. The van der Waals surface area contributed by atoms with Crippen LogP contribution < -0.4 is 11.2 Å². The average molecular weight is 303 g/mol. The van der Waals surface area contributed by atoms with Crippen LogP contribution in [0.25, 0.3) is 0 Å². The lowest BCUT2D eigenvalue weighted by atomic mass is 9.85. The third-order valence-corrected chi connectivity index (χ3v) is 3.95. The van der Waals surface area contributed by atoms with Crippen LogP contribution in [0.3, 0.4) is 0 Å². The van der Waals surface area contributed by atoms with Gasteiger partial charge >= 0.3 is 5.69 Å². The second kappa shape index (κ2) is 5.18. The molecule has 0 unspecified atom stereocenters. The number of aliphatic hydroxyl groups excluding tert-OH is 1. The van der Waals surface area contributed by atoms with E-state index in [1.165, 1.54) is 10.8 Å². The Morgan fingerprint density at radius 2 is 2.12 bits per heavy atom. The molecule has 1 heterocycles. The minimum Gasteiger partial charge on any atom is -0.396 e. The van der Waals surface area contributed by atoms with Crippen molar-refractivity contribution in [2.24, 2.45) is 5.92 Å². The van der Waals surface area contributed by atoms with Gasteiger partial charge in [0.05, 0.1) is 4.47 Å². The minimum atomic E-state index is -0.414. The van der Waals surface area contributed by atoms with Crippen LogP contribution in [0.2, 0.25) is 0 Å². The first-order valence-electron chi connectivity index (χ1n) is 5.75. The first-order valence-corrected chi connectivity index (χ1v) is 6.54. The van der Waals surface area contributed by atoms with Gasteiger partial charge in [-0.3, -0.25) is 14.3 Å². The Balaban J connectivity index is 2.41. The standard InChI is InChI=1S/C11H15BrN2O3/c12-8-5-14(11(17)13-10(8)16)9-4-2-1-3-7(9)6-15/h5,7,9,15H,1-4,6H2,(H,13,16,17)/t7-,9-/m1/s1. The van der Waals surface area contributed by atoms with Crippen molar-refractivity contribution in [3.63, 3.8) is 0 Å². The van der Waals surface area contributed by atoms with E-state index in [-0.39, 0.29) is 18.6 Å². The van der Waals surface area contributed by atoms with Crippen LogP contribution in [-0.2, 0) is 0 Å². The zero-order valence-corrected chi connectivity index (χ0v) is 10.9. The van der Waals surface area contributed by atoms with Crippen LogP contribution in [-0.4, -0.2) is 21.3 Å². The summed E-state index contributed by atoms with van der Waals surface area (Å²) in [5, 5.41) is 9.34. The fraction of sp³-hybridized carbons (Fsp3) is 0.636. The van der Waals surface area contributed by atoms with Gasteiger partial charge in [-0.1, -0.05) is 12.8 Å². The monoisotopic (exact) mass is 302 g/mol. The molecule has 0 aromatic carbocycles. The van der Waals surface area contributed by atoms with Crippen molar-refractivity contribution < 1.29 is 5.11 Å². The quantitative estimate of drug-likeness (QED) is 0.856. The van der Waals surface area contributed by atoms with Crippen molar-refractivity contribution in [1.82, 2.24) is 9.55 Å². The van der Waals surface area contributed by atoms with Gasteiger partial charge in [-0.15, -0.1) is 0 Å². The highest BCUT2D eigenvalue weighted by molar-refractivity contribution is 9.10. The Kier molecular flexibility index (Phi) is 3.83. The number of aliphatic hydroxyl groups is 1. The molecule has 94 valence electrons. The second-order valence-corrected chi connectivity index (χ2v) is 5.29. The highest BCUT2D eigenvalue weighted by Crippen LogP contribution is 2.32. The number of hydrogen-bond acceptors (Lipinski definition) is 3. The molecule has 0 spiro atoms. The third-order valence-electron chi connectivity index (χ3n) is 3.39. The predicted molar refractivity (Wildman–Crippen MR) is 67.1 cm³/mol. The van der Waals surface area contributed by atoms with Crippen LogP contribution in [0.4, 0.5) is 0 Å². The summed E-state index contributed by atoms with van der Waals surface area (Å²) in [5.74, 6) is 0.0965. The SMILES string of the molecule is O=c1[nH]c(=O)n([C@@H]2CCCC[C@@H]2CO)cc1Br. The summed E-state index contributed by atoms with van der Waals surface area (Å²) in [7, 11) is 0. The van der Waals surface area contributed by atoms with Gasteiger partial charge in [0.15, 0.2) is 0 Å². The Morgan fingerprint density at radius 3 is 2.82 bits per heavy atom. The maximum Gasteiger partial charge on any atom is 0.328 e. The van der Waals surface area contributed by atoms with Crippen LogP contribution in [0.5, 0.6) is 0 Å². The van der Waals surface area contributed by atoms with Gasteiger partial charge in [-0.05, 0) is 28.8 Å². The maximum atomic E-state index is 11.8. The molecule has 2 rings (SSSR count). The summed E-state index contributed by atoms with van der Waals surface area (Å²) in [6, 6.07) is -0.0191. The van der Waals surface area contributed by atoms with E-state index in [2.05, 4.69) is 20.9 Å². The van der Waals surface area contributed by atoms with E-state index in [0.717, 1.165) is 25.7 Å². The van der Waals surface area contributed by atoms with E-state index in [9.17, 15) is 14.7 Å². The lowest BCUT2D eigenvalue weighted by Crippen LogP contribution is -2.37. The summed E-state index contributed by atoms with van der Waals surface area (Å²) in [6.45, 7) is 0.0772. The molecule has 0 bridgehead atoms. The van der Waals surface area contributed by atoms with Gasteiger partial charge in [0.1, 0.15) is 0 Å². The summed E-state index contributed by atoms with van der Waals surface area (Å²) in [4.78, 5) is 25.3. The number of aromatic nitrogens is 2. The molecule has 1 aromatic heterocycles. The van der Waals surface area contributed by atoms with Crippen LogP contribution in [0, 0.1) is 5.92 Å². The third kappa shape index (κ3) is 2.52. The topological polar surface area (TPSA) is 75.1 Å². The van der Waals surface area contributed by atoms with Crippen molar-refractivity contribution >= 4 is 15.9 Å². The normalized spacial score (nSPS) is 24.8. The molecule has 2 atom stereocenters. The van der Waals surface area contributed by atoms with Gasteiger partial charge in [-0.25, -0.2) is 4.79 Å². The second-order valence-electron chi connectivity index (χ2n) is 4.44. The van der Waals surface area contributed by atoms with E-state index in [4.69, 9.17) is 0 Å². The van der Waals surface area contributed by atoms with Crippen LogP contribution in [0.15, 0.2) is 20.3 Å². The van der Waals surface area contributed by atoms with Gasteiger partial charge in [0.25, 0.3) is 5.56 Å². The lowest BCUT2D eigenvalue weighted by Gasteiger charge is -2.31. The molecule has 0 saturated heterocycles. The molecular weight excluding hydrogens is 288 g/mol. The molecule has 0 radical (unpaired) electrons. The van der Waals surface area contributed by atoms with E-state index in [1.54, 1.807) is 0 Å². The maximum absolute atomic E-state index is 11.8. The smallest absolute Gasteiger partial charge is 0.328 e. The molecule has 1 fully saturated rings. The molecule has 6 heteroatoms. The number of aromatic amines is 1. The molecule has 1 aliphatic rings. The van der Waals surface area contributed by atoms with E-state index in [0.29, 0.717) is 4.47 Å². The summed E-state index contributed by atoms with van der Waals surface area (Å²) >= 11 is 3.12. The van der Waals surface area contributed by atoms with Crippen LogP contribution >= 0.6 is 15.9 Å². The summed E-state index contributed by atoms with van der Waals surface area (Å²) in [6.07, 6.45) is 5.44. The number of H-pyrrole nitrogens is 1. The molecule has 5 nitrogen and oxygen atoms in total. The number of nitrogens with one attached hydrogen (secondary N) is 1. The summed E-state index contributed by atoms with van der Waals surface area (Å²) < 4.78 is 1.88. The zero-order valence-electron chi connectivity index (χ0n) is 9.36.